The molecule has 0 N–H and O–H groups in total. The normalized spacial score (nSPS) is 19.2. The Morgan fingerprint density at radius 3 is 2.15 bits per heavy atom. The fourth-order valence-corrected chi connectivity index (χ4v) is 10.1. The molecule has 2 heterocycles. The second-order valence-corrected chi connectivity index (χ2v) is 16.7. The van der Waals surface area contributed by atoms with Gasteiger partial charge >= 0.3 is 12.1 Å². The molecule has 1 unspecified atom stereocenters. The van der Waals surface area contributed by atoms with E-state index in [9.17, 15) is 18.0 Å². The van der Waals surface area contributed by atoms with Crippen molar-refractivity contribution in [1.82, 2.24) is 4.90 Å². The number of hydrogen-bond acceptors (Lipinski definition) is 7. The lowest BCUT2D eigenvalue weighted by Crippen LogP contribution is -2.40. The van der Waals surface area contributed by atoms with E-state index in [0.29, 0.717) is 4.88 Å². The third kappa shape index (κ3) is 6.22. The zero-order chi connectivity index (χ0) is 32.7. The first-order valence-electron chi connectivity index (χ1n) is 15.6. The summed E-state index contributed by atoms with van der Waals surface area (Å²) in [5.41, 5.74) is 5.80. The van der Waals surface area contributed by atoms with Gasteiger partial charge in [-0.2, -0.15) is 0 Å². The second-order valence-electron chi connectivity index (χ2n) is 13.1. The van der Waals surface area contributed by atoms with E-state index in [4.69, 9.17) is 9.47 Å². The molecule has 4 aromatic rings. The number of carbonyl (C=O) groups excluding carboxylic acids is 2. The molecule has 46 heavy (non-hydrogen) atoms. The van der Waals surface area contributed by atoms with Crippen LogP contribution in [0.1, 0.15) is 61.1 Å². The predicted octanol–water partition coefficient (Wildman–Crippen LogP) is 7.72. The molecule has 240 valence electrons. The van der Waals surface area contributed by atoms with Gasteiger partial charge < -0.3 is 14.4 Å². The summed E-state index contributed by atoms with van der Waals surface area (Å²) in [7, 11) is -3.92. The molecular weight excluding hydrogens is 619 g/mol. The van der Waals surface area contributed by atoms with Gasteiger partial charge in [-0.25, -0.2) is 13.2 Å². The first-order valence-corrected chi connectivity index (χ1v) is 18.1. The van der Waals surface area contributed by atoms with Crippen LogP contribution >= 0.6 is 11.3 Å². The van der Waals surface area contributed by atoms with E-state index in [-0.39, 0.29) is 44.2 Å². The number of rotatable bonds is 6. The summed E-state index contributed by atoms with van der Waals surface area (Å²) in [5, 5.41) is 0. The highest BCUT2D eigenvalue weighted by molar-refractivity contribution is 7.92. The van der Waals surface area contributed by atoms with Crippen LogP contribution in [0.3, 0.4) is 0 Å². The van der Waals surface area contributed by atoms with Crippen molar-refractivity contribution in [2.75, 3.05) is 25.4 Å². The number of esters is 1. The summed E-state index contributed by atoms with van der Waals surface area (Å²) >= 11 is 1.37. The van der Waals surface area contributed by atoms with Crippen LogP contribution in [-0.4, -0.2) is 56.4 Å². The van der Waals surface area contributed by atoms with Crippen LogP contribution in [-0.2, 0) is 28.9 Å². The molecule has 1 amide bonds. The SMILES string of the molecule is Cc1ccc(-c2ccc(C3(CC(=O)OC(C)(C)C)CCN(C(=O)OCC4c5ccccc5-c5ccccc54)CCS3(=O)=O)s2)cc1. The first kappa shape index (κ1) is 32.0. The topological polar surface area (TPSA) is 90.0 Å². The Hall–Kier alpha value is -3.95. The van der Waals surface area contributed by atoms with Gasteiger partial charge in [-0.3, -0.25) is 4.79 Å². The highest BCUT2D eigenvalue weighted by atomic mass is 32.2. The minimum absolute atomic E-state index is 0.0225. The molecule has 1 saturated heterocycles. The largest absolute Gasteiger partial charge is 0.460 e. The van der Waals surface area contributed by atoms with Crippen LogP contribution in [0, 0.1) is 6.92 Å². The van der Waals surface area contributed by atoms with E-state index < -0.39 is 32.2 Å². The van der Waals surface area contributed by atoms with Crippen LogP contribution in [0.15, 0.2) is 84.9 Å². The average Bonchev–Trinajstić information content (AvgIpc) is 3.59. The molecule has 1 atom stereocenters. The van der Waals surface area contributed by atoms with E-state index in [0.717, 1.165) is 38.3 Å². The van der Waals surface area contributed by atoms with E-state index in [1.807, 2.05) is 67.6 Å². The zero-order valence-corrected chi connectivity index (χ0v) is 28.2. The monoisotopic (exact) mass is 657 g/mol. The number of sulfone groups is 1. The second kappa shape index (κ2) is 12.3. The lowest BCUT2D eigenvalue weighted by atomic mass is 9.97. The summed E-state index contributed by atoms with van der Waals surface area (Å²) in [6, 6.07) is 28.0. The van der Waals surface area contributed by atoms with Gasteiger partial charge in [-0.15, -0.1) is 11.3 Å². The summed E-state index contributed by atoms with van der Waals surface area (Å²) in [6.07, 6.45) is -0.845. The van der Waals surface area contributed by atoms with Crippen molar-refractivity contribution in [3.63, 3.8) is 0 Å². The molecule has 1 fully saturated rings. The van der Waals surface area contributed by atoms with Crippen LogP contribution in [0.2, 0.25) is 0 Å². The maximum atomic E-state index is 14.2. The molecule has 9 heteroatoms. The van der Waals surface area contributed by atoms with Gasteiger partial charge in [-0.05, 0) is 74.1 Å². The molecule has 0 bridgehead atoms. The number of thiophene rings is 1. The highest BCUT2D eigenvalue weighted by Gasteiger charge is 2.51. The van der Waals surface area contributed by atoms with Crippen LogP contribution < -0.4 is 0 Å². The van der Waals surface area contributed by atoms with Gasteiger partial charge in [0.15, 0.2) is 9.84 Å². The van der Waals surface area contributed by atoms with Gasteiger partial charge in [0, 0.05) is 28.8 Å². The fourth-order valence-electron chi connectivity index (χ4n) is 6.50. The molecule has 1 aromatic heterocycles. The van der Waals surface area contributed by atoms with Gasteiger partial charge in [0.2, 0.25) is 0 Å². The van der Waals surface area contributed by atoms with E-state index >= 15 is 0 Å². The lowest BCUT2D eigenvalue weighted by molar-refractivity contribution is -0.155. The molecule has 7 nitrogen and oxygen atoms in total. The van der Waals surface area contributed by atoms with Crippen LogP contribution in [0.5, 0.6) is 0 Å². The van der Waals surface area contributed by atoms with Crippen molar-refractivity contribution in [2.24, 2.45) is 0 Å². The molecule has 0 radical (unpaired) electrons. The molecule has 0 saturated carbocycles. The smallest absolute Gasteiger partial charge is 0.409 e. The zero-order valence-electron chi connectivity index (χ0n) is 26.6. The van der Waals surface area contributed by atoms with Gasteiger partial charge in [0.25, 0.3) is 0 Å². The van der Waals surface area contributed by atoms with Gasteiger partial charge in [-0.1, -0.05) is 78.4 Å². The Labute approximate surface area is 275 Å². The van der Waals surface area contributed by atoms with Gasteiger partial charge in [0.1, 0.15) is 17.0 Å². The van der Waals surface area contributed by atoms with E-state index in [1.54, 1.807) is 20.8 Å². The van der Waals surface area contributed by atoms with E-state index in [1.165, 1.54) is 16.2 Å². The number of fused-ring (bicyclic) bond motifs is 3. The Kier molecular flexibility index (Phi) is 8.59. The Bertz CT molecular complexity index is 1830. The molecule has 1 aliphatic carbocycles. The Balaban J connectivity index is 1.26. The molecule has 1 aliphatic heterocycles. The average molecular weight is 658 g/mol. The van der Waals surface area contributed by atoms with Crippen molar-refractivity contribution in [3.05, 3.63) is 106 Å². The Morgan fingerprint density at radius 2 is 1.52 bits per heavy atom. The number of ether oxygens (including phenoxy) is 2. The quantitative estimate of drug-likeness (QED) is 0.197. The van der Waals surface area contributed by atoms with Crippen molar-refractivity contribution in [3.8, 4) is 21.6 Å². The van der Waals surface area contributed by atoms with Crippen molar-refractivity contribution >= 4 is 33.2 Å². The molecule has 6 rings (SSSR count). The van der Waals surface area contributed by atoms with E-state index in [2.05, 4.69) is 24.3 Å². The summed E-state index contributed by atoms with van der Waals surface area (Å²) in [5.74, 6) is -0.988. The highest BCUT2D eigenvalue weighted by Crippen LogP contribution is 2.47. The van der Waals surface area contributed by atoms with Crippen LogP contribution in [0.25, 0.3) is 21.6 Å². The number of carbonyl (C=O) groups is 2. The van der Waals surface area contributed by atoms with Crippen molar-refractivity contribution < 1.29 is 27.5 Å². The number of hydrogen-bond donors (Lipinski definition) is 0. The molecular formula is C37H39NO6S2. The Morgan fingerprint density at radius 1 is 0.891 bits per heavy atom. The number of benzene rings is 3. The summed E-state index contributed by atoms with van der Waals surface area (Å²) in [4.78, 5) is 29.8. The number of amides is 1. The summed E-state index contributed by atoms with van der Waals surface area (Å²) in [6.45, 7) is 7.54. The lowest BCUT2D eigenvalue weighted by Gasteiger charge is -2.31. The molecule has 3 aromatic carbocycles. The molecule has 0 spiro atoms. The first-order chi connectivity index (χ1) is 21.9. The number of nitrogens with zero attached hydrogens (tertiary/aromatic N) is 1. The van der Waals surface area contributed by atoms with Gasteiger partial charge in [0.05, 0.1) is 12.2 Å². The third-order valence-corrected chi connectivity index (χ3v) is 12.8. The third-order valence-electron chi connectivity index (χ3n) is 8.85. The maximum absolute atomic E-state index is 14.2. The maximum Gasteiger partial charge on any atom is 0.409 e. The minimum atomic E-state index is -3.92. The van der Waals surface area contributed by atoms with Crippen LogP contribution in [0.4, 0.5) is 4.79 Å². The van der Waals surface area contributed by atoms with Crippen molar-refractivity contribution in [1.29, 1.82) is 0 Å². The minimum Gasteiger partial charge on any atom is -0.460 e. The summed E-state index contributed by atoms with van der Waals surface area (Å²) < 4.78 is 38.5. The predicted molar refractivity (Wildman–Crippen MR) is 182 cm³/mol. The van der Waals surface area contributed by atoms with Crippen molar-refractivity contribution in [2.45, 2.75) is 56.8 Å². The fraction of sp³-hybridized carbons (Fsp3) is 0.351. The number of aryl methyl sites for hydroxylation is 1. The standard InChI is InChI=1S/C37H39NO6S2/c1-25-13-15-26(16-14-25)32-17-18-33(45-32)37(23-34(39)44-36(2,3)4)19-20-38(21-22-46(37,41)42)35(40)43-24-31-29-11-7-5-9-27(29)28-10-6-8-12-30(28)31/h5-18,31H,19-24H2,1-4H3. The molecule has 2 aliphatic rings.